The number of amidine groups is 1. The molecule has 0 aliphatic heterocycles. The average Bonchev–Trinajstić information content (AvgIpc) is 2.31. The largest absolute Gasteiger partial charge is 0.356 e. The van der Waals surface area contributed by atoms with E-state index in [9.17, 15) is 8.78 Å². The molecule has 0 aliphatic carbocycles. The van der Waals surface area contributed by atoms with Crippen LogP contribution in [-0.2, 0) is 0 Å². The fourth-order valence-corrected chi connectivity index (χ4v) is 1.43. The standard InChI is InChI=1S/C12H13F2N3/c1-8(17(3)9(2)16-7-15)10-4-5-11(13)12(14)6-10/h4-6,8H,1-3H3/b16-9+. The van der Waals surface area contributed by atoms with Crippen molar-refractivity contribution in [3.8, 4) is 6.19 Å². The lowest BCUT2D eigenvalue weighted by atomic mass is 10.1. The summed E-state index contributed by atoms with van der Waals surface area (Å²) in [5, 5.41) is 8.44. The van der Waals surface area contributed by atoms with E-state index in [-0.39, 0.29) is 6.04 Å². The third-order valence-electron chi connectivity index (χ3n) is 2.73. The average molecular weight is 237 g/mol. The van der Waals surface area contributed by atoms with Crippen molar-refractivity contribution in [1.29, 1.82) is 5.26 Å². The third-order valence-corrected chi connectivity index (χ3v) is 2.73. The van der Waals surface area contributed by atoms with Crippen molar-refractivity contribution in [3.05, 3.63) is 35.4 Å². The Labute approximate surface area is 99.0 Å². The molecule has 1 aromatic carbocycles. The van der Waals surface area contributed by atoms with Gasteiger partial charge in [-0.15, -0.1) is 0 Å². The monoisotopic (exact) mass is 237 g/mol. The molecular formula is C12H13F2N3. The number of hydrogen-bond donors (Lipinski definition) is 0. The van der Waals surface area contributed by atoms with Crippen LogP contribution in [0.25, 0.3) is 0 Å². The van der Waals surface area contributed by atoms with Gasteiger partial charge in [-0.3, -0.25) is 0 Å². The van der Waals surface area contributed by atoms with Gasteiger partial charge in [-0.2, -0.15) is 10.3 Å². The highest BCUT2D eigenvalue weighted by atomic mass is 19.2. The molecule has 0 saturated carbocycles. The number of benzene rings is 1. The van der Waals surface area contributed by atoms with Crippen molar-refractivity contribution < 1.29 is 8.78 Å². The Kier molecular flexibility index (Phi) is 4.16. The van der Waals surface area contributed by atoms with Gasteiger partial charge in [0.2, 0.25) is 6.19 Å². The van der Waals surface area contributed by atoms with Crippen molar-refractivity contribution >= 4 is 5.84 Å². The third kappa shape index (κ3) is 3.00. The van der Waals surface area contributed by atoms with Crippen LogP contribution < -0.4 is 0 Å². The van der Waals surface area contributed by atoms with Crippen molar-refractivity contribution in [2.75, 3.05) is 7.05 Å². The molecule has 0 aliphatic rings. The number of aliphatic imine (C=N–C) groups is 1. The molecule has 0 bridgehead atoms. The zero-order valence-corrected chi connectivity index (χ0v) is 9.91. The van der Waals surface area contributed by atoms with Gasteiger partial charge >= 0.3 is 0 Å². The van der Waals surface area contributed by atoms with E-state index in [1.54, 1.807) is 25.1 Å². The van der Waals surface area contributed by atoms with E-state index in [4.69, 9.17) is 5.26 Å². The summed E-state index contributed by atoms with van der Waals surface area (Å²) in [6, 6.07) is 3.56. The van der Waals surface area contributed by atoms with Crippen LogP contribution in [-0.4, -0.2) is 17.8 Å². The van der Waals surface area contributed by atoms with Crippen LogP contribution in [0.5, 0.6) is 0 Å². The molecule has 0 aromatic heterocycles. The molecule has 0 amide bonds. The maximum absolute atomic E-state index is 13.1. The van der Waals surface area contributed by atoms with Crippen molar-refractivity contribution in [2.24, 2.45) is 4.99 Å². The summed E-state index contributed by atoms with van der Waals surface area (Å²) < 4.78 is 25.9. The Morgan fingerprint density at radius 1 is 1.41 bits per heavy atom. The summed E-state index contributed by atoms with van der Waals surface area (Å²) in [7, 11) is 1.74. The minimum absolute atomic E-state index is 0.192. The fraction of sp³-hybridized carbons (Fsp3) is 0.333. The molecule has 1 rings (SSSR count). The van der Waals surface area contributed by atoms with Crippen LogP contribution >= 0.6 is 0 Å². The molecule has 1 unspecified atom stereocenters. The van der Waals surface area contributed by atoms with Gasteiger partial charge in [0.25, 0.3) is 0 Å². The number of halogens is 2. The first-order valence-corrected chi connectivity index (χ1v) is 5.08. The molecule has 17 heavy (non-hydrogen) atoms. The van der Waals surface area contributed by atoms with Gasteiger partial charge in [0.05, 0.1) is 6.04 Å². The normalized spacial score (nSPS) is 13.1. The van der Waals surface area contributed by atoms with Crippen LogP contribution in [0.1, 0.15) is 25.5 Å². The lowest BCUT2D eigenvalue weighted by Gasteiger charge is -2.26. The van der Waals surface area contributed by atoms with Gasteiger partial charge in [0.1, 0.15) is 5.84 Å². The van der Waals surface area contributed by atoms with Crippen molar-refractivity contribution in [2.45, 2.75) is 19.9 Å². The molecule has 5 heteroatoms. The van der Waals surface area contributed by atoms with Crippen LogP contribution in [0, 0.1) is 23.1 Å². The van der Waals surface area contributed by atoms with E-state index < -0.39 is 11.6 Å². The van der Waals surface area contributed by atoms with E-state index in [2.05, 4.69) is 4.99 Å². The van der Waals surface area contributed by atoms with Gasteiger partial charge in [0, 0.05) is 7.05 Å². The van der Waals surface area contributed by atoms with Gasteiger partial charge in [-0.1, -0.05) is 6.07 Å². The molecule has 0 N–H and O–H groups in total. The first-order chi connectivity index (χ1) is 7.97. The Morgan fingerprint density at radius 2 is 2.06 bits per heavy atom. The fourth-order valence-electron chi connectivity index (χ4n) is 1.43. The second-order valence-corrected chi connectivity index (χ2v) is 3.72. The molecular weight excluding hydrogens is 224 g/mol. The molecule has 3 nitrogen and oxygen atoms in total. The Bertz CT molecular complexity index is 477. The summed E-state index contributed by atoms with van der Waals surface area (Å²) in [5.41, 5.74) is 0.624. The Balaban J connectivity index is 2.97. The summed E-state index contributed by atoms with van der Waals surface area (Å²) in [6.45, 7) is 3.50. The summed E-state index contributed by atoms with van der Waals surface area (Å²) in [4.78, 5) is 5.31. The summed E-state index contributed by atoms with van der Waals surface area (Å²) in [6.07, 6.45) is 1.69. The summed E-state index contributed by atoms with van der Waals surface area (Å²) in [5.74, 6) is -1.23. The molecule has 0 radical (unpaired) electrons. The van der Waals surface area contributed by atoms with E-state index in [1.807, 2.05) is 6.92 Å². The molecule has 90 valence electrons. The molecule has 0 spiro atoms. The lowest BCUT2D eigenvalue weighted by Crippen LogP contribution is -2.27. The van der Waals surface area contributed by atoms with E-state index in [0.29, 0.717) is 11.4 Å². The highest BCUT2D eigenvalue weighted by molar-refractivity contribution is 5.80. The molecule has 0 heterocycles. The first kappa shape index (κ1) is 13.1. The highest BCUT2D eigenvalue weighted by Crippen LogP contribution is 2.21. The van der Waals surface area contributed by atoms with Gasteiger partial charge in [-0.05, 0) is 31.5 Å². The minimum Gasteiger partial charge on any atom is -0.356 e. The van der Waals surface area contributed by atoms with E-state index in [1.165, 1.54) is 6.07 Å². The van der Waals surface area contributed by atoms with E-state index in [0.717, 1.165) is 12.1 Å². The topological polar surface area (TPSA) is 39.4 Å². The number of rotatable bonds is 2. The second kappa shape index (κ2) is 5.39. The van der Waals surface area contributed by atoms with Crippen LogP contribution in [0.15, 0.2) is 23.2 Å². The number of nitriles is 1. The smallest absolute Gasteiger partial charge is 0.207 e. The van der Waals surface area contributed by atoms with Crippen molar-refractivity contribution in [3.63, 3.8) is 0 Å². The zero-order valence-electron chi connectivity index (χ0n) is 9.91. The first-order valence-electron chi connectivity index (χ1n) is 5.08. The zero-order chi connectivity index (χ0) is 13.0. The molecule has 0 fully saturated rings. The van der Waals surface area contributed by atoms with Crippen LogP contribution in [0.3, 0.4) is 0 Å². The molecule has 1 atom stereocenters. The Hall–Kier alpha value is -1.96. The number of nitrogens with zero attached hydrogens (tertiary/aromatic N) is 3. The second-order valence-electron chi connectivity index (χ2n) is 3.72. The van der Waals surface area contributed by atoms with Crippen molar-refractivity contribution in [1.82, 2.24) is 4.90 Å². The maximum Gasteiger partial charge on any atom is 0.207 e. The Morgan fingerprint density at radius 3 is 2.59 bits per heavy atom. The predicted molar refractivity (Wildman–Crippen MR) is 61.3 cm³/mol. The minimum atomic E-state index is -0.877. The van der Waals surface area contributed by atoms with Crippen LogP contribution in [0.4, 0.5) is 8.78 Å². The molecule has 0 saturated heterocycles. The highest BCUT2D eigenvalue weighted by Gasteiger charge is 2.14. The predicted octanol–water partition coefficient (Wildman–Crippen LogP) is 2.86. The van der Waals surface area contributed by atoms with Gasteiger partial charge in [-0.25, -0.2) is 8.78 Å². The van der Waals surface area contributed by atoms with Gasteiger partial charge in [0.15, 0.2) is 11.6 Å². The SMILES string of the molecule is C/C(=N\C#N)N(C)C(C)c1ccc(F)c(F)c1. The van der Waals surface area contributed by atoms with Crippen LogP contribution in [0.2, 0.25) is 0 Å². The molecule has 1 aromatic rings. The quantitative estimate of drug-likeness (QED) is 0.450. The number of hydrogen-bond acceptors (Lipinski definition) is 2. The van der Waals surface area contributed by atoms with Gasteiger partial charge < -0.3 is 4.90 Å². The summed E-state index contributed by atoms with van der Waals surface area (Å²) >= 11 is 0. The maximum atomic E-state index is 13.1. The lowest BCUT2D eigenvalue weighted by molar-refractivity contribution is 0.397. The van der Waals surface area contributed by atoms with E-state index >= 15 is 0 Å².